The van der Waals surface area contributed by atoms with Crippen LogP contribution in [0.2, 0.25) is 0 Å². The van der Waals surface area contributed by atoms with E-state index in [1.54, 1.807) is 17.4 Å². The molecule has 1 amide bonds. The summed E-state index contributed by atoms with van der Waals surface area (Å²) in [5, 5.41) is 9.36. The Morgan fingerprint density at radius 3 is 2.96 bits per heavy atom. The van der Waals surface area contributed by atoms with Crippen molar-refractivity contribution in [3.63, 3.8) is 0 Å². The molecular formula is C19H16N2O3S2. The molecule has 3 heterocycles. The zero-order valence-electron chi connectivity index (χ0n) is 14.2. The third-order valence-corrected chi connectivity index (χ3v) is 5.60. The van der Waals surface area contributed by atoms with E-state index >= 15 is 0 Å². The molecule has 0 saturated heterocycles. The summed E-state index contributed by atoms with van der Waals surface area (Å²) in [5.74, 6) is 0.599. The normalized spacial score (nSPS) is 11.0. The predicted octanol–water partition coefficient (Wildman–Crippen LogP) is 5.58. The van der Waals surface area contributed by atoms with E-state index in [4.69, 9.17) is 9.15 Å². The SMILES string of the molecule is CCOc1cccc2cc(C(=O)Nc3sccc3-c3nc(C)cs3)oc12. The number of amides is 1. The molecule has 0 bridgehead atoms. The van der Waals surface area contributed by atoms with Crippen molar-refractivity contribution in [2.24, 2.45) is 0 Å². The highest BCUT2D eigenvalue weighted by Crippen LogP contribution is 2.36. The number of nitrogens with zero attached hydrogens (tertiary/aromatic N) is 1. The van der Waals surface area contributed by atoms with E-state index in [9.17, 15) is 4.79 Å². The smallest absolute Gasteiger partial charge is 0.292 e. The first-order chi connectivity index (χ1) is 12.7. The largest absolute Gasteiger partial charge is 0.490 e. The Hall–Kier alpha value is -2.64. The summed E-state index contributed by atoms with van der Waals surface area (Å²) in [5.41, 5.74) is 2.48. The zero-order chi connectivity index (χ0) is 18.1. The molecule has 0 aliphatic heterocycles. The number of hydrogen-bond acceptors (Lipinski definition) is 6. The average molecular weight is 384 g/mol. The maximum Gasteiger partial charge on any atom is 0.292 e. The number of thiazole rings is 1. The summed E-state index contributed by atoms with van der Waals surface area (Å²) in [6.45, 7) is 4.40. The summed E-state index contributed by atoms with van der Waals surface area (Å²) in [6.07, 6.45) is 0. The van der Waals surface area contributed by atoms with Gasteiger partial charge in [-0.05, 0) is 37.4 Å². The topological polar surface area (TPSA) is 64.4 Å². The Kier molecular flexibility index (Phi) is 4.48. The van der Waals surface area contributed by atoms with Crippen LogP contribution in [-0.4, -0.2) is 17.5 Å². The van der Waals surface area contributed by atoms with Crippen LogP contribution in [0.3, 0.4) is 0 Å². The molecule has 132 valence electrons. The number of carbonyl (C=O) groups excluding carboxylic acids is 1. The first-order valence-electron chi connectivity index (χ1n) is 8.12. The predicted molar refractivity (Wildman–Crippen MR) is 106 cm³/mol. The standard InChI is InChI=1S/C19H16N2O3S2/c1-3-23-14-6-4-5-12-9-15(24-16(12)14)17(22)21-19-13(7-8-25-19)18-20-11(2)10-26-18/h4-10H,3H2,1-2H3,(H,21,22). The van der Waals surface area contributed by atoms with Gasteiger partial charge in [0.1, 0.15) is 10.0 Å². The lowest BCUT2D eigenvalue weighted by atomic mass is 10.2. The van der Waals surface area contributed by atoms with Crippen LogP contribution in [0, 0.1) is 6.92 Å². The molecule has 0 radical (unpaired) electrons. The molecule has 5 nitrogen and oxygen atoms in total. The van der Waals surface area contributed by atoms with E-state index in [-0.39, 0.29) is 11.7 Å². The van der Waals surface area contributed by atoms with E-state index in [0.29, 0.717) is 17.9 Å². The highest BCUT2D eigenvalue weighted by atomic mass is 32.1. The molecule has 26 heavy (non-hydrogen) atoms. The Bertz CT molecular complexity index is 1080. The van der Waals surface area contributed by atoms with Gasteiger partial charge in [0, 0.05) is 22.0 Å². The van der Waals surface area contributed by atoms with Gasteiger partial charge in [0.25, 0.3) is 5.91 Å². The number of aromatic nitrogens is 1. The number of para-hydroxylation sites is 1. The van der Waals surface area contributed by atoms with Crippen LogP contribution in [0.5, 0.6) is 5.75 Å². The van der Waals surface area contributed by atoms with Gasteiger partial charge in [-0.15, -0.1) is 22.7 Å². The number of thiophene rings is 1. The third kappa shape index (κ3) is 3.11. The fourth-order valence-corrected chi connectivity index (χ4v) is 4.31. The van der Waals surface area contributed by atoms with Crippen LogP contribution in [-0.2, 0) is 0 Å². The van der Waals surface area contributed by atoms with Gasteiger partial charge in [-0.2, -0.15) is 0 Å². The second kappa shape index (κ2) is 6.93. The van der Waals surface area contributed by atoms with Crippen molar-refractivity contribution in [2.45, 2.75) is 13.8 Å². The summed E-state index contributed by atoms with van der Waals surface area (Å²) in [6, 6.07) is 9.30. The number of rotatable bonds is 5. The Morgan fingerprint density at radius 2 is 2.19 bits per heavy atom. The van der Waals surface area contributed by atoms with Crippen molar-refractivity contribution in [3.8, 4) is 16.3 Å². The average Bonchev–Trinajstić information content (AvgIpc) is 3.34. The van der Waals surface area contributed by atoms with Crippen LogP contribution in [0.4, 0.5) is 5.00 Å². The molecule has 1 aromatic carbocycles. The lowest BCUT2D eigenvalue weighted by Gasteiger charge is -2.03. The maximum absolute atomic E-state index is 12.7. The van der Waals surface area contributed by atoms with Gasteiger partial charge in [0.15, 0.2) is 17.1 Å². The Labute approximate surface area is 158 Å². The minimum Gasteiger partial charge on any atom is -0.490 e. The Balaban J connectivity index is 1.63. The number of aryl methyl sites for hydroxylation is 1. The van der Waals surface area contributed by atoms with Crippen molar-refractivity contribution < 1.29 is 13.9 Å². The number of nitrogens with one attached hydrogen (secondary N) is 1. The van der Waals surface area contributed by atoms with Gasteiger partial charge in [-0.1, -0.05) is 12.1 Å². The number of furan rings is 1. The van der Waals surface area contributed by atoms with Crippen LogP contribution in [0.1, 0.15) is 23.2 Å². The molecule has 7 heteroatoms. The third-order valence-electron chi connectivity index (χ3n) is 3.77. The van der Waals surface area contributed by atoms with Crippen LogP contribution < -0.4 is 10.1 Å². The van der Waals surface area contributed by atoms with Crippen LogP contribution >= 0.6 is 22.7 Å². The summed E-state index contributed by atoms with van der Waals surface area (Å²) in [4.78, 5) is 17.2. The quantitative estimate of drug-likeness (QED) is 0.488. The lowest BCUT2D eigenvalue weighted by molar-refractivity contribution is 0.0999. The van der Waals surface area contributed by atoms with Gasteiger partial charge in [0.05, 0.1) is 6.61 Å². The highest BCUT2D eigenvalue weighted by molar-refractivity contribution is 7.17. The molecule has 4 aromatic rings. The van der Waals surface area contributed by atoms with Gasteiger partial charge >= 0.3 is 0 Å². The lowest BCUT2D eigenvalue weighted by Crippen LogP contribution is -2.10. The van der Waals surface area contributed by atoms with Gasteiger partial charge in [0.2, 0.25) is 0 Å². The van der Waals surface area contributed by atoms with Crippen molar-refractivity contribution in [2.75, 3.05) is 11.9 Å². The van der Waals surface area contributed by atoms with E-state index in [1.165, 1.54) is 11.3 Å². The number of ether oxygens (including phenoxy) is 1. The molecule has 1 N–H and O–H groups in total. The van der Waals surface area contributed by atoms with Gasteiger partial charge in [-0.3, -0.25) is 4.79 Å². The summed E-state index contributed by atoms with van der Waals surface area (Å²) < 4.78 is 11.3. The number of anilines is 1. The fraction of sp³-hybridized carbons (Fsp3) is 0.158. The molecule has 0 aliphatic carbocycles. The van der Waals surface area contributed by atoms with E-state index in [2.05, 4.69) is 10.3 Å². The van der Waals surface area contributed by atoms with Crippen LogP contribution in [0.25, 0.3) is 21.5 Å². The number of carbonyl (C=O) groups is 1. The first kappa shape index (κ1) is 16.8. The van der Waals surface area contributed by atoms with E-state index < -0.39 is 0 Å². The first-order valence-corrected chi connectivity index (χ1v) is 9.88. The number of hydrogen-bond donors (Lipinski definition) is 1. The molecule has 0 aliphatic rings. The molecule has 4 rings (SSSR count). The zero-order valence-corrected chi connectivity index (χ0v) is 15.9. The van der Waals surface area contributed by atoms with Gasteiger partial charge < -0.3 is 14.5 Å². The number of benzene rings is 1. The molecule has 0 unspecified atom stereocenters. The molecule has 0 fully saturated rings. The maximum atomic E-state index is 12.7. The van der Waals surface area contributed by atoms with Crippen LogP contribution in [0.15, 0.2) is 45.5 Å². The molecule has 3 aromatic heterocycles. The summed E-state index contributed by atoms with van der Waals surface area (Å²) >= 11 is 3.02. The second-order valence-corrected chi connectivity index (χ2v) is 7.40. The van der Waals surface area contributed by atoms with Crippen molar-refractivity contribution in [3.05, 3.63) is 52.5 Å². The second-order valence-electron chi connectivity index (χ2n) is 5.63. The Morgan fingerprint density at radius 1 is 1.31 bits per heavy atom. The fourth-order valence-electron chi connectivity index (χ4n) is 2.63. The minimum atomic E-state index is -0.291. The minimum absolute atomic E-state index is 0.252. The van der Waals surface area contributed by atoms with E-state index in [1.807, 2.05) is 48.9 Å². The molecule has 0 spiro atoms. The molecule has 0 atom stereocenters. The number of fused-ring (bicyclic) bond motifs is 1. The highest BCUT2D eigenvalue weighted by Gasteiger charge is 2.18. The summed E-state index contributed by atoms with van der Waals surface area (Å²) in [7, 11) is 0. The molecular weight excluding hydrogens is 368 g/mol. The molecule has 0 saturated carbocycles. The van der Waals surface area contributed by atoms with Crippen molar-refractivity contribution in [1.82, 2.24) is 4.98 Å². The van der Waals surface area contributed by atoms with Crippen molar-refractivity contribution >= 4 is 44.6 Å². The van der Waals surface area contributed by atoms with Crippen molar-refractivity contribution in [1.29, 1.82) is 0 Å². The van der Waals surface area contributed by atoms with E-state index in [0.717, 1.165) is 26.7 Å². The van der Waals surface area contributed by atoms with Gasteiger partial charge in [-0.25, -0.2) is 4.98 Å². The monoisotopic (exact) mass is 384 g/mol.